The first-order valence-corrected chi connectivity index (χ1v) is 5.71. The van der Waals surface area contributed by atoms with Crippen molar-refractivity contribution >= 4 is 22.4 Å². The Hall–Kier alpha value is -0.380. The quantitative estimate of drug-likeness (QED) is 0.722. The third-order valence-electron chi connectivity index (χ3n) is 1.82. The minimum absolute atomic E-state index is 0.178. The van der Waals surface area contributed by atoms with Crippen molar-refractivity contribution < 1.29 is 8.95 Å². The Balaban J connectivity index is 2.13. The Morgan fingerprint density at radius 2 is 2.23 bits per heavy atom. The lowest BCUT2D eigenvalue weighted by Crippen LogP contribution is -2.04. The first-order valence-electron chi connectivity index (χ1n) is 4.02. The van der Waals surface area contributed by atoms with Crippen LogP contribution in [0.4, 0.5) is 0 Å². The molecule has 1 aliphatic heterocycles. The Labute approximate surface area is 84.3 Å². The largest absolute Gasteiger partial charge is 0.372 e. The number of ether oxygens (including phenoxy) is 1. The summed E-state index contributed by atoms with van der Waals surface area (Å²) in [4.78, 5) is 0.708. The molecule has 4 heteroatoms. The molecule has 1 unspecified atom stereocenters. The summed E-state index contributed by atoms with van der Waals surface area (Å²) in [7, 11) is -1.02. The Bertz CT molecular complexity index is 336. The highest BCUT2D eigenvalue weighted by molar-refractivity contribution is 7.85. The second-order valence-electron chi connectivity index (χ2n) is 2.90. The predicted octanol–water partition coefficient (Wildman–Crippen LogP) is 1.85. The van der Waals surface area contributed by atoms with E-state index >= 15 is 0 Å². The first-order chi connectivity index (χ1) is 6.27. The Morgan fingerprint density at radius 3 is 2.85 bits per heavy atom. The molecule has 0 radical (unpaired) electrons. The van der Waals surface area contributed by atoms with E-state index in [0.717, 1.165) is 6.61 Å². The molecule has 2 atom stereocenters. The highest BCUT2D eigenvalue weighted by atomic mass is 35.5. The van der Waals surface area contributed by atoms with E-state index in [2.05, 4.69) is 0 Å². The maximum atomic E-state index is 11.7. The number of rotatable bonds is 3. The fourth-order valence-electron chi connectivity index (χ4n) is 1.05. The topological polar surface area (TPSA) is 29.6 Å². The Kier molecular flexibility index (Phi) is 2.67. The van der Waals surface area contributed by atoms with Crippen molar-refractivity contribution in [3.63, 3.8) is 0 Å². The molecule has 0 bridgehead atoms. The third kappa shape index (κ3) is 2.30. The van der Waals surface area contributed by atoms with Gasteiger partial charge in [-0.25, -0.2) is 0 Å². The smallest absolute Gasteiger partial charge is 0.0928 e. The molecular formula is C9H9ClO2S. The minimum atomic E-state index is -1.02. The summed E-state index contributed by atoms with van der Waals surface area (Å²) in [5, 5.41) is 0.571. The molecule has 1 heterocycles. The van der Waals surface area contributed by atoms with Gasteiger partial charge in [-0.2, -0.15) is 0 Å². The molecule has 2 rings (SSSR count). The standard InChI is InChI=1S/C9H9ClO2S/c10-8-3-1-2-4-9(8)13(11)6-7-5-12-7/h1-4,7H,5-6H2/t7-,13?/m1/s1. The first kappa shape index (κ1) is 9.19. The molecule has 0 N–H and O–H groups in total. The van der Waals surface area contributed by atoms with Gasteiger partial charge < -0.3 is 4.74 Å². The van der Waals surface area contributed by atoms with Gasteiger partial charge in [0.25, 0.3) is 0 Å². The van der Waals surface area contributed by atoms with Crippen LogP contribution in [0.15, 0.2) is 29.2 Å². The minimum Gasteiger partial charge on any atom is -0.372 e. The van der Waals surface area contributed by atoms with Crippen LogP contribution >= 0.6 is 11.6 Å². The third-order valence-corrected chi connectivity index (χ3v) is 3.78. The summed E-state index contributed by atoms with van der Waals surface area (Å²) in [6.07, 6.45) is 0.178. The highest BCUT2D eigenvalue weighted by Gasteiger charge is 2.26. The van der Waals surface area contributed by atoms with Crippen molar-refractivity contribution in [1.82, 2.24) is 0 Å². The van der Waals surface area contributed by atoms with Crippen LogP contribution in [-0.2, 0) is 15.5 Å². The van der Waals surface area contributed by atoms with E-state index in [0.29, 0.717) is 15.7 Å². The molecular weight excluding hydrogens is 208 g/mol. The molecule has 0 saturated carbocycles. The normalized spacial score (nSPS) is 22.7. The van der Waals surface area contributed by atoms with E-state index < -0.39 is 10.8 Å². The summed E-state index contributed by atoms with van der Waals surface area (Å²) in [6.45, 7) is 0.732. The van der Waals surface area contributed by atoms with Gasteiger partial charge in [0.2, 0.25) is 0 Å². The van der Waals surface area contributed by atoms with Crippen LogP contribution in [0, 0.1) is 0 Å². The summed E-state index contributed by atoms with van der Waals surface area (Å²) in [6, 6.07) is 7.22. The van der Waals surface area contributed by atoms with Gasteiger partial charge in [-0.15, -0.1) is 0 Å². The molecule has 0 amide bonds. The van der Waals surface area contributed by atoms with Crippen molar-refractivity contribution in [1.29, 1.82) is 0 Å². The van der Waals surface area contributed by atoms with E-state index in [9.17, 15) is 4.21 Å². The predicted molar refractivity (Wildman–Crippen MR) is 52.5 cm³/mol. The molecule has 1 aromatic rings. The van der Waals surface area contributed by atoms with E-state index in [4.69, 9.17) is 16.3 Å². The maximum Gasteiger partial charge on any atom is 0.0928 e. The average molecular weight is 217 g/mol. The van der Waals surface area contributed by atoms with Gasteiger partial charge in [0.05, 0.1) is 39.2 Å². The van der Waals surface area contributed by atoms with E-state index in [1.807, 2.05) is 12.1 Å². The number of epoxide rings is 1. The van der Waals surface area contributed by atoms with Crippen LogP contribution in [0.25, 0.3) is 0 Å². The van der Waals surface area contributed by atoms with Crippen molar-refractivity contribution in [2.75, 3.05) is 12.4 Å². The maximum absolute atomic E-state index is 11.7. The van der Waals surface area contributed by atoms with Gasteiger partial charge in [0.1, 0.15) is 0 Å². The van der Waals surface area contributed by atoms with E-state index in [1.54, 1.807) is 12.1 Å². The molecule has 0 spiro atoms. The molecule has 70 valence electrons. The van der Waals surface area contributed by atoms with Crippen molar-refractivity contribution in [3.05, 3.63) is 29.3 Å². The van der Waals surface area contributed by atoms with Gasteiger partial charge in [-0.3, -0.25) is 4.21 Å². The van der Waals surface area contributed by atoms with Crippen LogP contribution < -0.4 is 0 Å². The van der Waals surface area contributed by atoms with Gasteiger partial charge in [0.15, 0.2) is 0 Å². The lowest BCUT2D eigenvalue weighted by Gasteiger charge is -2.01. The van der Waals surface area contributed by atoms with Crippen LogP contribution in [0.5, 0.6) is 0 Å². The summed E-state index contributed by atoms with van der Waals surface area (Å²) in [5.74, 6) is 0.559. The van der Waals surface area contributed by atoms with Crippen molar-refractivity contribution in [2.24, 2.45) is 0 Å². The van der Waals surface area contributed by atoms with Crippen molar-refractivity contribution in [2.45, 2.75) is 11.0 Å². The number of hydrogen-bond donors (Lipinski definition) is 0. The molecule has 1 fully saturated rings. The zero-order chi connectivity index (χ0) is 9.26. The number of benzene rings is 1. The molecule has 0 aromatic heterocycles. The molecule has 1 aliphatic rings. The summed E-state index contributed by atoms with van der Waals surface area (Å²) in [5.41, 5.74) is 0. The van der Waals surface area contributed by atoms with Crippen molar-refractivity contribution in [3.8, 4) is 0 Å². The van der Waals surface area contributed by atoms with Crippen LogP contribution in [-0.4, -0.2) is 22.7 Å². The highest BCUT2D eigenvalue weighted by Crippen LogP contribution is 2.21. The zero-order valence-electron chi connectivity index (χ0n) is 6.90. The fraction of sp³-hybridized carbons (Fsp3) is 0.333. The Morgan fingerprint density at radius 1 is 1.54 bits per heavy atom. The van der Waals surface area contributed by atoms with Gasteiger partial charge in [0, 0.05) is 0 Å². The molecule has 13 heavy (non-hydrogen) atoms. The molecule has 2 nitrogen and oxygen atoms in total. The molecule has 0 aliphatic carbocycles. The van der Waals surface area contributed by atoms with E-state index in [-0.39, 0.29) is 6.10 Å². The summed E-state index contributed by atoms with van der Waals surface area (Å²) >= 11 is 5.89. The van der Waals surface area contributed by atoms with Gasteiger partial charge in [-0.05, 0) is 12.1 Å². The average Bonchev–Trinajstić information content (AvgIpc) is 2.89. The van der Waals surface area contributed by atoms with Crippen LogP contribution in [0.3, 0.4) is 0 Å². The zero-order valence-corrected chi connectivity index (χ0v) is 8.48. The fourth-order valence-corrected chi connectivity index (χ4v) is 2.67. The van der Waals surface area contributed by atoms with Crippen LogP contribution in [0.1, 0.15) is 0 Å². The van der Waals surface area contributed by atoms with Gasteiger partial charge in [-0.1, -0.05) is 23.7 Å². The van der Waals surface area contributed by atoms with Gasteiger partial charge >= 0.3 is 0 Å². The monoisotopic (exact) mass is 216 g/mol. The molecule has 1 aromatic carbocycles. The lowest BCUT2D eigenvalue weighted by molar-refractivity contribution is 0.425. The second-order valence-corrected chi connectivity index (χ2v) is 4.77. The number of halogens is 1. The number of hydrogen-bond acceptors (Lipinski definition) is 2. The summed E-state index contributed by atoms with van der Waals surface area (Å²) < 4.78 is 16.7. The SMILES string of the molecule is O=S(C[C@H]1CO1)c1ccccc1Cl. The molecule has 1 saturated heterocycles. The van der Waals surface area contributed by atoms with Crippen LogP contribution in [0.2, 0.25) is 5.02 Å². The lowest BCUT2D eigenvalue weighted by atomic mass is 10.4. The second kappa shape index (κ2) is 3.78. The van der Waals surface area contributed by atoms with E-state index in [1.165, 1.54) is 0 Å².